The number of nitrogens with zero attached hydrogens (tertiary/aromatic N) is 2. The van der Waals surface area contributed by atoms with Crippen LogP contribution in [0.25, 0.3) is 0 Å². The summed E-state index contributed by atoms with van der Waals surface area (Å²) in [5.74, 6) is 0. The molecule has 0 bridgehead atoms. The lowest BCUT2D eigenvalue weighted by molar-refractivity contribution is -0.142. The van der Waals surface area contributed by atoms with E-state index in [9.17, 15) is 18.0 Å². The molecule has 1 unspecified atom stereocenters. The largest absolute Gasteiger partial charge is 0.434 e. The van der Waals surface area contributed by atoms with Gasteiger partial charge in [0.2, 0.25) is 0 Å². The minimum Gasteiger partial charge on any atom is -0.286 e. The van der Waals surface area contributed by atoms with Crippen LogP contribution in [0, 0.1) is 0 Å². The molecule has 0 aromatic carbocycles. The van der Waals surface area contributed by atoms with Gasteiger partial charge in [0.1, 0.15) is 4.47 Å². The lowest BCUT2D eigenvalue weighted by Crippen LogP contribution is -2.26. The van der Waals surface area contributed by atoms with Crippen molar-refractivity contribution >= 4 is 27.7 Å². The highest BCUT2D eigenvalue weighted by atomic mass is 79.9. The minimum atomic E-state index is -4.61. The molecule has 3 nitrogen and oxygen atoms in total. The Hall–Kier alpha value is -0.500. The van der Waals surface area contributed by atoms with Crippen LogP contribution in [0.3, 0.4) is 0 Å². The first-order chi connectivity index (χ1) is 7.30. The van der Waals surface area contributed by atoms with Crippen molar-refractivity contribution < 1.29 is 13.2 Å². The van der Waals surface area contributed by atoms with Crippen LogP contribution in [0.2, 0.25) is 0 Å². The average Bonchev–Trinajstić information content (AvgIpc) is 2.51. The molecular formula is C8H6BrF3N2OS. The fourth-order valence-electron chi connectivity index (χ4n) is 1.42. The second-order valence-corrected chi connectivity index (χ2v) is 5.60. The van der Waals surface area contributed by atoms with Gasteiger partial charge in [-0.2, -0.15) is 13.2 Å². The Labute approximate surface area is 101 Å². The maximum Gasteiger partial charge on any atom is 0.434 e. The summed E-state index contributed by atoms with van der Waals surface area (Å²) in [5, 5.41) is 0.198. The average molecular weight is 315 g/mol. The summed E-state index contributed by atoms with van der Waals surface area (Å²) in [5.41, 5.74) is -1.82. The van der Waals surface area contributed by atoms with Crippen LogP contribution in [0.4, 0.5) is 13.2 Å². The van der Waals surface area contributed by atoms with Gasteiger partial charge in [0.15, 0.2) is 10.9 Å². The van der Waals surface area contributed by atoms with Crippen LogP contribution >= 0.6 is 27.7 Å². The topological polar surface area (TPSA) is 34.9 Å². The van der Waals surface area contributed by atoms with Gasteiger partial charge < -0.3 is 0 Å². The standard InChI is InChI=1S/C8H6BrF3N2OS/c1-3-2-14-6(15)4(9)5(8(10,11)12)13-7(14)16-3/h3H,2H2,1H3. The van der Waals surface area contributed by atoms with Crippen LogP contribution in [0.15, 0.2) is 14.4 Å². The number of aromatic nitrogens is 2. The second kappa shape index (κ2) is 3.76. The normalized spacial score (nSPS) is 19.9. The molecule has 0 saturated heterocycles. The molecule has 1 aromatic rings. The van der Waals surface area contributed by atoms with E-state index in [1.807, 2.05) is 6.92 Å². The molecule has 0 radical (unpaired) electrons. The summed E-state index contributed by atoms with van der Waals surface area (Å²) in [7, 11) is 0. The minimum absolute atomic E-state index is 0.0654. The van der Waals surface area contributed by atoms with E-state index in [0.29, 0.717) is 6.54 Å². The van der Waals surface area contributed by atoms with Crippen molar-refractivity contribution in [3.63, 3.8) is 0 Å². The molecule has 0 amide bonds. The number of hydrogen-bond acceptors (Lipinski definition) is 3. The Morgan fingerprint density at radius 1 is 1.56 bits per heavy atom. The van der Waals surface area contributed by atoms with Gasteiger partial charge in [-0.15, -0.1) is 0 Å². The summed E-state index contributed by atoms with van der Waals surface area (Å²) >= 11 is 3.84. The second-order valence-electron chi connectivity index (χ2n) is 3.40. The Morgan fingerprint density at radius 3 is 2.75 bits per heavy atom. The number of hydrogen-bond donors (Lipinski definition) is 0. The van der Waals surface area contributed by atoms with Crippen molar-refractivity contribution in [1.29, 1.82) is 0 Å². The maximum absolute atomic E-state index is 12.5. The van der Waals surface area contributed by atoms with E-state index >= 15 is 0 Å². The summed E-state index contributed by atoms with van der Waals surface area (Å²) in [6.45, 7) is 2.22. The van der Waals surface area contributed by atoms with Crippen LogP contribution in [0.5, 0.6) is 0 Å². The van der Waals surface area contributed by atoms with Crippen molar-refractivity contribution in [2.24, 2.45) is 0 Å². The molecule has 1 aromatic heterocycles. The first-order valence-electron chi connectivity index (χ1n) is 4.35. The first-order valence-corrected chi connectivity index (χ1v) is 6.02. The predicted octanol–water partition coefficient (Wildman–Crippen LogP) is 2.52. The van der Waals surface area contributed by atoms with Crippen LogP contribution < -0.4 is 5.56 Å². The molecule has 8 heteroatoms. The molecule has 1 aliphatic heterocycles. The van der Waals surface area contributed by atoms with Crippen molar-refractivity contribution in [2.45, 2.75) is 30.1 Å². The van der Waals surface area contributed by atoms with Gasteiger partial charge in [-0.05, 0) is 15.9 Å². The third-order valence-electron chi connectivity index (χ3n) is 2.09. The Bertz CT molecular complexity index is 499. The predicted molar refractivity (Wildman–Crippen MR) is 56.5 cm³/mol. The Balaban J connectivity index is 2.66. The smallest absolute Gasteiger partial charge is 0.286 e. The third kappa shape index (κ3) is 1.88. The van der Waals surface area contributed by atoms with E-state index in [2.05, 4.69) is 20.9 Å². The van der Waals surface area contributed by atoms with Gasteiger partial charge in [0.05, 0.1) is 0 Å². The van der Waals surface area contributed by atoms with E-state index in [-0.39, 0.29) is 10.4 Å². The van der Waals surface area contributed by atoms with Gasteiger partial charge in [-0.25, -0.2) is 4.98 Å². The molecule has 16 heavy (non-hydrogen) atoms. The zero-order chi connectivity index (χ0) is 12.1. The van der Waals surface area contributed by atoms with Crippen molar-refractivity contribution in [3.8, 4) is 0 Å². The lowest BCUT2D eigenvalue weighted by Gasteiger charge is -2.09. The van der Waals surface area contributed by atoms with E-state index in [1.54, 1.807) is 0 Å². The lowest BCUT2D eigenvalue weighted by atomic mass is 10.4. The van der Waals surface area contributed by atoms with Crippen LogP contribution in [-0.4, -0.2) is 14.8 Å². The van der Waals surface area contributed by atoms with Gasteiger partial charge in [0, 0.05) is 11.8 Å². The Morgan fingerprint density at radius 2 is 2.19 bits per heavy atom. The van der Waals surface area contributed by atoms with Crippen molar-refractivity contribution in [2.75, 3.05) is 0 Å². The number of rotatable bonds is 0. The molecule has 2 rings (SSSR count). The summed E-state index contributed by atoms with van der Waals surface area (Å²) in [4.78, 5) is 15.1. The SMILES string of the molecule is CC1Cn2c(nc(C(F)(F)F)c(Br)c2=O)S1. The zero-order valence-electron chi connectivity index (χ0n) is 8.01. The highest BCUT2D eigenvalue weighted by molar-refractivity contribution is 9.10. The molecule has 88 valence electrons. The number of thioether (sulfide) groups is 1. The highest BCUT2D eigenvalue weighted by Gasteiger charge is 2.38. The van der Waals surface area contributed by atoms with Crippen molar-refractivity contribution in [1.82, 2.24) is 9.55 Å². The highest BCUT2D eigenvalue weighted by Crippen LogP contribution is 2.35. The Kier molecular flexibility index (Phi) is 2.82. The van der Waals surface area contributed by atoms with Gasteiger partial charge in [-0.1, -0.05) is 18.7 Å². The molecule has 1 atom stereocenters. The van der Waals surface area contributed by atoms with Crippen LogP contribution in [-0.2, 0) is 12.7 Å². The van der Waals surface area contributed by atoms with Crippen LogP contribution in [0.1, 0.15) is 12.6 Å². The summed E-state index contributed by atoms with van der Waals surface area (Å²) < 4.78 is 38.4. The number of fused-ring (bicyclic) bond motifs is 1. The molecule has 0 fully saturated rings. The molecule has 1 aliphatic rings. The van der Waals surface area contributed by atoms with Gasteiger partial charge in [0.25, 0.3) is 5.56 Å². The van der Waals surface area contributed by atoms with E-state index in [0.717, 1.165) is 0 Å². The van der Waals surface area contributed by atoms with E-state index < -0.39 is 21.9 Å². The van der Waals surface area contributed by atoms with Gasteiger partial charge >= 0.3 is 6.18 Å². The fourth-order valence-corrected chi connectivity index (χ4v) is 2.96. The molecule has 0 aliphatic carbocycles. The number of halogens is 4. The monoisotopic (exact) mass is 314 g/mol. The molecule has 0 N–H and O–H groups in total. The maximum atomic E-state index is 12.5. The molecule has 0 saturated carbocycles. The third-order valence-corrected chi connectivity index (χ3v) is 3.88. The van der Waals surface area contributed by atoms with E-state index in [4.69, 9.17) is 0 Å². The summed E-state index contributed by atoms with van der Waals surface area (Å²) in [6.07, 6.45) is -4.61. The zero-order valence-corrected chi connectivity index (χ0v) is 10.4. The molecule has 0 spiro atoms. The van der Waals surface area contributed by atoms with Gasteiger partial charge in [-0.3, -0.25) is 9.36 Å². The quantitative estimate of drug-likeness (QED) is 0.690. The van der Waals surface area contributed by atoms with Crippen molar-refractivity contribution in [3.05, 3.63) is 20.5 Å². The molecule has 2 heterocycles. The fraction of sp³-hybridized carbons (Fsp3) is 0.500. The first kappa shape index (κ1) is 12.0. The summed E-state index contributed by atoms with van der Waals surface area (Å²) in [6, 6.07) is 0. The number of alkyl halides is 3. The molecular weight excluding hydrogens is 309 g/mol. The van der Waals surface area contributed by atoms with E-state index in [1.165, 1.54) is 16.3 Å².